The van der Waals surface area contributed by atoms with Crippen LogP contribution in [0, 0.1) is 22.3 Å². The van der Waals surface area contributed by atoms with Gasteiger partial charge in [-0.25, -0.2) is 0 Å². The normalized spacial score (nSPS) is 12.2. The van der Waals surface area contributed by atoms with Gasteiger partial charge < -0.3 is 22.3 Å². The zero-order chi connectivity index (χ0) is 8.67. The molecule has 17 heavy (non-hydrogen) atoms. The van der Waals surface area contributed by atoms with Gasteiger partial charge in [0.1, 0.15) is 0 Å². The van der Waals surface area contributed by atoms with E-state index in [1.165, 1.54) is 36.5 Å². The first kappa shape index (κ1) is 18.9. The van der Waals surface area contributed by atoms with E-state index in [0.29, 0.717) is 0 Å². The molecule has 0 radical (unpaired) electrons. The molecule has 2 aromatic rings. The Labute approximate surface area is 122 Å². The Balaban J connectivity index is 0. The molecular weight excluding hydrogens is 240 g/mol. The smallest absolute Gasteiger partial charge is 0.358 e. The first-order valence-corrected chi connectivity index (χ1v) is 5.11. The fraction of sp³-hybridized carbons (Fsp3) is 0.250. The largest absolute Gasteiger partial charge is 4.00 e. The summed E-state index contributed by atoms with van der Waals surface area (Å²) in [6.07, 6.45) is 5.34. The second-order valence-electron chi connectivity index (χ2n) is 3.94. The van der Waals surface area contributed by atoms with Crippen molar-refractivity contribution in [1.29, 1.82) is 0 Å². The third kappa shape index (κ3) is 3.27. The molecule has 0 spiro atoms. The van der Waals surface area contributed by atoms with Crippen molar-refractivity contribution in [2.45, 2.75) is 25.7 Å². The number of rotatable bonds is 0. The van der Waals surface area contributed by atoms with Crippen LogP contribution >= 0.6 is 0 Å². The Hall–Kier alpha value is -0.456. The number of fused-ring (bicyclic) bond motifs is 3. The van der Waals surface area contributed by atoms with E-state index in [2.05, 4.69) is 30.3 Å². The third-order valence-electron chi connectivity index (χ3n) is 3.13. The van der Waals surface area contributed by atoms with Gasteiger partial charge in [0.25, 0.3) is 0 Å². The molecule has 0 N–H and O–H groups in total. The van der Waals surface area contributed by atoms with Crippen LogP contribution in [0.25, 0.3) is 10.8 Å². The molecule has 1 heteroatoms. The molecule has 0 nitrogen and oxygen atoms in total. The van der Waals surface area contributed by atoms with Gasteiger partial charge in [-0.05, 0) is 6.42 Å². The van der Waals surface area contributed by atoms with Crippen LogP contribution in [0.4, 0.5) is 0 Å². The molecule has 90 valence electrons. The van der Waals surface area contributed by atoms with Crippen LogP contribution in [0.2, 0.25) is 0 Å². The number of hydrogen-bond donors (Lipinski definition) is 0. The minimum absolute atomic E-state index is 0. The first-order chi connectivity index (χ1) is 6.45. The van der Waals surface area contributed by atoms with Gasteiger partial charge in [-0.15, -0.1) is 40.6 Å². The Kier molecular flexibility index (Phi) is 8.66. The summed E-state index contributed by atoms with van der Waals surface area (Å²) in [5.41, 5.74) is 3.23. The van der Waals surface area contributed by atoms with E-state index in [4.69, 9.17) is 0 Å². The van der Waals surface area contributed by atoms with Gasteiger partial charge in [-0.2, -0.15) is 5.56 Å². The number of aryl methyl sites for hydroxylation is 2. The van der Waals surface area contributed by atoms with Gasteiger partial charge in [-0.1, -0.05) is 25.3 Å². The van der Waals surface area contributed by atoms with Crippen molar-refractivity contribution in [1.82, 2.24) is 0 Å². The van der Waals surface area contributed by atoms with Gasteiger partial charge >= 0.3 is 21.7 Å². The average Bonchev–Trinajstić information content (AvgIpc) is 2.56. The van der Waals surface area contributed by atoms with Gasteiger partial charge in [0.05, 0.1) is 0 Å². The maximum Gasteiger partial charge on any atom is 4.00 e. The van der Waals surface area contributed by atoms with E-state index < -0.39 is 0 Å². The number of benzene rings is 1. The molecule has 2 aromatic carbocycles. The summed E-state index contributed by atoms with van der Waals surface area (Å²) in [5.74, 6) is 0. The molecule has 0 fully saturated rings. The van der Waals surface area contributed by atoms with Crippen LogP contribution in [0.15, 0.2) is 30.3 Å². The Bertz CT molecular complexity index is 440. The summed E-state index contributed by atoms with van der Waals surface area (Å²) in [5, 5.41) is 2.94. The SMILES string of the molecule is [CH3-].[CH3-].[CH3-].[Ti+4].c1ccc2c3c([cH-]c2c1)CCCC3. The van der Waals surface area contributed by atoms with Crippen molar-refractivity contribution < 1.29 is 21.7 Å². The molecule has 0 heterocycles. The molecule has 0 saturated heterocycles. The first-order valence-electron chi connectivity index (χ1n) is 5.11. The Morgan fingerprint density at radius 2 is 1.53 bits per heavy atom. The van der Waals surface area contributed by atoms with E-state index in [-0.39, 0.29) is 44.0 Å². The van der Waals surface area contributed by atoms with Crippen LogP contribution in [0.3, 0.4) is 0 Å². The molecule has 1 aliphatic rings. The molecule has 0 aromatic heterocycles. The predicted molar refractivity (Wildman–Crippen MR) is 75.4 cm³/mol. The van der Waals surface area contributed by atoms with Crippen molar-refractivity contribution in [2.75, 3.05) is 0 Å². The Morgan fingerprint density at radius 3 is 2.29 bits per heavy atom. The zero-order valence-electron chi connectivity index (χ0n) is 11.2. The summed E-state index contributed by atoms with van der Waals surface area (Å²) < 4.78 is 0. The predicted octanol–water partition coefficient (Wildman–Crippen LogP) is 4.79. The fourth-order valence-corrected chi connectivity index (χ4v) is 2.48. The van der Waals surface area contributed by atoms with Crippen molar-refractivity contribution in [3.8, 4) is 0 Å². The summed E-state index contributed by atoms with van der Waals surface area (Å²) in [7, 11) is 0. The summed E-state index contributed by atoms with van der Waals surface area (Å²) >= 11 is 0. The van der Waals surface area contributed by atoms with Crippen molar-refractivity contribution in [3.05, 3.63) is 63.7 Å². The summed E-state index contributed by atoms with van der Waals surface area (Å²) in [4.78, 5) is 0. The minimum atomic E-state index is 0. The topological polar surface area (TPSA) is 0 Å². The van der Waals surface area contributed by atoms with Crippen molar-refractivity contribution in [3.63, 3.8) is 0 Å². The second-order valence-corrected chi connectivity index (χ2v) is 3.94. The summed E-state index contributed by atoms with van der Waals surface area (Å²) in [6, 6.07) is 11.2. The standard InChI is InChI=1S/C13H13.3CH3.Ti/c1-3-7-12-10(5-1)9-11-6-2-4-8-13(11)12;;;;/h1,3,5,7,9H,2,4,6,8H2;3*1H3;/q4*-1;+4. The fourth-order valence-electron chi connectivity index (χ4n) is 2.48. The quantitative estimate of drug-likeness (QED) is 0.473. The van der Waals surface area contributed by atoms with Crippen LogP contribution in [-0.4, -0.2) is 0 Å². The van der Waals surface area contributed by atoms with Crippen LogP contribution in [0.5, 0.6) is 0 Å². The molecule has 0 bridgehead atoms. The van der Waals surface area contributed by atoms with Crippen LogP contribution in [0.1, 0.15) is 24.0 Å². The Morgan fingerprint density at radius 1 is 0.882 bits per heavy atom. The maximum absolute atomic E-state index is 2.38. The minimum Gasteiger partial charge on any atom is -0.358 e. The molecule has 0 atom stereocenters. The molecule has 0 amide bonds. The average molecular weight is 262 g/mol. The maximum atomic E-state index is 2.38. The third-order valence-corrected chi connectivity index (χ3v) is 3.13. The second kappa shape index (κ2) is 7.79. The number of hydrogen-bond acceptors (Lipinski definition) is 0. The monoisotopic (exact) mass is 262 g/mol. The molecule has 3 rings (SSSR count). The molecular formula is C16H22Ti. The zero-order valence-corrected chi connectivity index (χ0v) is 12.8. The van der Waals surface area contributed by atoms with E-state index in [1.807, 2.05) is 0 Å². The van der Waals surface area contributed by atoms with Crippen LogP contribution in [-0.2, 0) is 34.6 Å². The van der Waals surface area contributed by atoms with Gasteiger partial charge in [0.15, 0.2) is 0 Å². The van der Waals surface area contributed by atoms with Crippen molar-refractivity contribution in [2.24, 2.45) is 0 Å². The van der Waals surface area contributed by atoms with Crippen LogP contribution < -0.4 is 0 Å². The summed E-state index contributed by atoms with van der Waals surface area (Å²) in [6.45, 7) is 0. The molecule has 1 aliphatic carbocycles. The molecule has 0 aliphatic heterocycles. The molecule has 0 saturated carbocycles. The van der Waals surface area contributed by atoms with Gasteiger partial charge in [-0.3, -0.25) is 0 Å². The van der Waals surface area contributed by atoms with Gasteiger partial charge in [0, 0.05) is 0 Å². The van der Waals surface area contributed by atoms with E-state index in [1.54, 1.807) is 11.1 Å². The van der Waals surface area contributed by atoms with Gasteiger partial charge in [0.2, 0.25) is 0 Å². The van der Waals surface area contributed by atoms with E-state index in [9.17, 15) is 0 Å². The van der Waals surface area contributed by atoms with E-state index >= 15 is 0 Å². The van der Waals surface area contributed by atoms with E-state index in [0.717, 1.165) is 0 Å². The van der Waals surface area contributed by atoms with Crippen molar-refractivity contribution >= 4 is 10.8 Å². The molecule has 0 unspecified atom stereocenters.